The van der Waals surface area contributed by atoms with Gasteiger partial charge in [-0.1, -0.05) is 91.1 Å². The molecule has 5 N–H and O–H groups in total. The van der Waals surface area contributed by atoms with Crippen molar-refractivity contribution < 1.29 is 4.74 Å². The topological polar surface area (TPSA) is 90.6 Å². The summed E-state index contributed by atoms with van der Waals surface area (Å²) >= 11 is 0. The molecule has 1 aliphatic heterocycles. The molecule has 6 unspecified atom stereocenters. The van der Waals surface area contributed by atoms with Crippen molar-refractivity contribution in [1.29, 1.82) is 0 Å². The number of hydrogen-bond acceptors (Lipinski definition) is 5. The maximum Gasteiger partial charge on any atom is 0.130 e. The molecule has 0 amide bonds. The first kappa shape index (κ1) is 35.0. The lowest BCUT2D eigenvalue weighted by Gasteiger charge is -2.37. The van der Waals surface area contributed by atoms with E-state index in [1.807, 2.05) is 6.08 Å². The Labute approximate surface area is 320 Å². The largest absolute Gasteiger partial charge is 0.366 e. The van der Waals surface area contributed by atoms with Crippen molar-refractivity contribution in [3.63, 3.8) is 0 Å². The molecule has 9 rings (SSSR count). The minimum Gasteiger partial charge on any atom is -0.366 e. The summed E-state index contributed by atoms with van der Waals surface area (Å²) < 4.78 is 8.74. The number of nitrogens with one attached hydrogen (secondary N) is 1. The average molecular weight is 716 g/mol. The molecule has 0 saturated carbocycles. The molecule has 6 nitrogen and oxygen atoms in total. The minimum atomic E-state index is -0.548. The van der Waals surface area contributed by atoms with Crippen molar-refractivity contribution in [3.8, 4) is 5.69 Å². The van der Waals surface area contributed by atoms with E-state index < -0.39 is 12.5 Å². The van der Waals surface area contributed by atoms with Gasteiger partial charge in [-0.15, -0.1) is 0 Å². The molecule has 276 valence electrons. The van der Waals surface area contributed by atoms with Crippen LogP contribution in [0.5, 0.6) is 0 Å². The van der Waals surface area contributed by atoms with Gasteiger partial charge in [0, 0.05) is 39.9 Å². The molecule has 5 aliphatic carbocycles. The zero-order chi connectivity index (χ0) is 36.4. The van der Waals surface area contributed by atoms with E-state index in [-0.39, 0.29) is 12.0 Å². The van der Waals surface area contributed by atoms with Crippen LogP contribution in [0.4, 0.5) is 0 Å². The minimum absolute atomic E-state index is 0.132. The highest BCUT2D eigenvalue weighted by atomic mass is 16.5. The number of amidine groups is 1. The maximum absolute atomic E-state index is 6.77. The van der Waals surface area contributed by atoms with Gasteiger partial charge in [-0.25, -0.2) is 0 Å². The van der Waals surface area contributed by atoms with Crippen LogP contribution in [0.3, 0.4) is 0 Å². The van der Waals surface area contributed by atoms with Gasteiger partial charge in [-0.2, -0.15) is 0 Å². The summed E-state index contributed by atoms with van der Waals surface area (Å²) in [6, 6.07) is 18.5. The van der Waals surface area contributed by atoms with Crippen LogP contribution in [0.2, 0.25) is 0 Å². The molecule has 54 heavy (non-hydrogen) atoms. The third-order valence-corrected chi connectivity index (χ3v) is 12.3. The van der Waals surface area contributed by atoms with Gasteiger partial charge in [0.1, 0.15) is 18.3 Å². The smallest absolute Gasteiger partial charge is 0.130 e. The molecule has 0 spiro atoms. The van der Waals surface area contributed by atoms with E-state index in [4.69, 9.17) is 21.2 Å². The summed E-state index contributed by atoms with van der Waals surface area (Å²) in [6.07, 6.45) is 37.5. The summed E-state index contributed by atoms with van der Waals surface area (Å²) in [7, 11) is 0. The number of aliphatic imine (C=N–C) groups is 1. The number of hydrogen-bond donors (Lipinski definition) is 3. The van der Waals surface area contributed by atoms with Crippen LogP contribution in [0.15, 0.2) is 137 Å². The zero-order valence-electron chi connectivity index (χ0n) is 31.2. The lowest BCUT2D eigenvalue weighted by atomic mass is 9.79. The Morgan fingerprint density at radius 3 is 2.65 bits per heavy atom. The predicted molar refractivity (Wildman–Crippen MR) is 224 cm³/mol. The van der Waals surface area contributed by atoms with Crippen LogP contribution < -0.4 is 16.8 Å². The quantitative estimate of drug-likeness (QED) is 0.193. The number of para-hydroxylation sites is 1. The van der Waals surface area contributed by atoms with Crippen LogP contribution in [-0.4, -0.2) is 34.9 Å². The second-order valence-electron chi connectivity index (χ2n) is 15.8. The van der Waals surface area contributed by atoms with E-state index >= 15 is 0 Å². The molecule has 0 fully saturated rings. The van der Waals surface area contributed by atoms with Gasteiger partial charge in [0.25, 0.3) is 0 Å². The Balaban J connectivity index is 1.05. The number of nitrogens with two attached hydrogens (primary N) is 2. The van der Waals surface area contributed by atoms with Gasteiger partial charge in [0.15, 0.2) is 0 Å². The van der Waals surface area contributed by atoms with Crippen molar-refractivity contribution in [2.75, 3.05) is 0 Å². The third kappa shape index (κ3) is 7.11. The molecular formula is C48H53N5O. The van der Waals surface area contributed by atoms with E-state index in [0.717, 1.165) is 69.2 Å². The van der Waals surface area contributed by atoms with E-state index in [1.54, 1.807) is 0 Å². The molecule has 6 aliphatic rings. The highest BCUT2D eigenvalue weighted by Crippen LogP contribution is 2.41. The molecule has 0 bridgehead atoms. The third-order valence-electron chi connectivity index (χ3n) is 12.3. The first-order valence-electron chi connectivity index (χ1n) is 20.3. The Hall–Kier alpha value is -4.75. The Morgan fingerprint density at radius 2 is 1.83 bits per heavy atom. The van der Waals surface area contributed by atoms with Crippen molar-refractivity contribution in [1.82, 2.24) is 9.88 Å². The van der Waals surface area contributed by atoms with Gasteiger partial charge in [-0.05, 0) is 129 Å². The van der Waals surface area contributed by atoms with Crippen LogP contribution in [0, 0.1) is 11.8 Å². The molecule has 6 atom stereocenters. The second kappa shape index (κ2) is 15.5. The number of fused-ring (bicyclic) bond motifs is 3. The molecule has 2 aromatic carbocycles. The fraction of sp³-hybridized carbons (Fsp3) is 0.354. The molecule has 0 radical (unpaired) electrons. The maximum atomic E-state index is 6.77. The summed E-state index contributed by atoms with van der Waals surface area (Å²) in [4.78, 5) is 5.34. The highest BCUT2D eigenvalue weighted by molar-refractivity contribution is 6.02. The van der Waals surface area contributed by atoms with Gasteiger partial charge in [0.2, 0.25) is 0 Å². The summed E-state index contributed by atoms with van der Waals surface area (Å²) in [5, 5.41) is 5.23. The van der Waals surface area contributed by atoms with Crippen LogP contribution >= 0.6 is 0 Å². The van der Waals surface area contributed by atoms with Crippen LogP contribution in [0.25, 0.3) is 28.2 Å². The number of nitrogens with zero attached hydrogens (tertiary/aromatic N) is 2. The van der Waals surface area contributed by atoms with E-state index in [2.05, 4.69) is 125 Å². The van der Waals surface area contributed by atoms with E-state index in [9.17, 15) is 0 Å². The lowest BCUT2D eigenvalue weighted by molar-refractivity contribution is -0.00949. The Bertz CT molecular complexity index is 2170. The number of ether oxygens (including phenoxy) is 1. The van der Waals surface area contributed by atoms with Crippen molar-refractivity contribution in [2.24, 2.45) is 28.3 Å². The SMILES string of the molecule is NC(OC(N)C1C=CC=CC1)C1=Cc2c(n(-c3ccccc3)c3ccc(C4=CC(C5CC(C6=CC=CCC6)N=C(C6=CCCC=C6)N5)CCC4)cc23)CC1. The van der Waals surface area contributed by atoms with Gasteiger partial charge in [-0.3, -0.25) is 4.99 Å². The molecule has 1 aromatic heterocycles. The average Bonchev–Trinajstić information content (AvgIpc) is 3.58. The number of benzene rings is 2. The fourth-order valence-corrected chi connectivity index (χ4v) is 9.39. The lowest BCUT2D eigenvalue weighted by Crippen LogP contribution is -2.47. The molecular weight excluding hydrogens is 663 g/mol. The predicted octanol–water partition coefficient (Wildman–Crippen LogP) is 9.54. The molecule has 0 saturated heterocycles. The standard InChI is InChI=1S/C48H53N5O/c49-46(33-16-7-2-8-17-33)54-47(50)38-25-27-45-41(30-38)40-29-36(24-26-44(40)53(45)39-22-11-4-12-23-39)35-20-13-21-37(28-35)43-31-42(32-14-5-1-6-15-32)51-48(52-43)34-18-9-3-10-19-34/h1-2,4-5,7-9,11-12,14,16,18-19,22-24,26,28-30,33,37,42-43,46-47H,3,6,10,13,15,17,20-21,25,27,31,49-50H2,(H,51,52). The highest BCUT2D eigenvalue weighted by Gasteiger charge is 2.33. The van der Waals surface area contributed by atoms with Crippen molar-refractivity contribution in [2.45, 2.75) is 95.2 Å². The van der Waals surface area contributed by atoms with Gasteiger partial charge >= 0.3 is 0 Å². The first-order chi connectivity index (χ1) is 26.6. The second-order valence-corrected chi connectivity index (χ2v) is 15.8. The monoisotopic (exact) mass is 715 g/mol. The summed E-state index contributed by atoms with van der Waals surface area (Å²) in [6.45, 7) is 0. The van der Waals surface area contributed by atoms with E-state index in [1.165, 1.54) is 63.0 Å². The summed E-state index contributed by atoms with van der Waals surface area (Å²) in [5.41, 5.74) is 24.9. The fourth-order valence-electron chi connectivity index (χ4n) is 9.39. The van der Waals surface area contributed by atoms with Crippen molar-refractivity contribution in [3.05, 3.63) is 149 Å². The Kier molecular flexibility index (Phi) is 10.1. The summed E-state index contributed by atoms with van der Waals surface area (Å²) in [5.74, 6) is 1.65. The zero-order valence-corrected chi connectivity index (χ0v) is 31.2. The molecule has 2 heterocycles. The number of aromatic nitrogens is 1. The molecule has 6 heteroatoms. The molecule has 3 aromatic rings. The van der Waals surface area contributed by atoms with E-state index in [0.29, 0.717) is 12.0 Å². The van der Waals surface area contributed by atoms with Gasteiger partial charge < -0.3 is 26.1 Å². The van der Waals surface area contributed by atoms with Crippen LogP contribution in [-0.2, 0) is 11.2 Å². The number of allylic oxidation sites excluding steroid dienone is 9. The van der Waals surface area contributed by atoms with Gasteiger partial charge in [0.05, 0.1) is 11.6 Å². The first-order valence-corrected chi connectivity index (χ1v) is 20.3. The van der Waals surface area contributed by atoms with Crippen LogP contribution in [0.1, 0.15) is 81.0 Å². The normalized spacial score (nSPS) is 26.2. The number of rotatable bonds is 9. The van der Waals surface area contributed by atoms with Crippen molar-refractivity contribution >= 4 is 28.4 Å². The Morgan fingerprint density at radius 1 is 0.907 bits per heavy atom.